The number of pyridine rings is 1. The summed E-state index contributed by atoms with van der Waals surface area (Å²) in [6.45, 7) is 7.26. The lowest BCUT2D eigenvalue weighted by Gasteiger charge is -2.22. The van der Waals surface area contributed by atoms with Gasteiger partial charge in [0.05, 0.1) is 39.6 Å². The molecule has 1 aromatic heterocycles. The Morgan fingerprint density at radius 3 is 1.47 bits per heavy atom. The van der Waals surface area contributed by atoms with Gasteiger partial charge in [0.15, 0.2) is 24.7 Å². The van der Waals surface area contributed by atoms with Gasteiger partial charge in [0.1, 0.15) is 12.1 Å². The highest BCUT2D eigenvalue weighted by molar-refractivity contribution is 8.76. The Bertz CT molecular complexity index is 2100. The molecule has 2 heterocycles. The highest BCUT2D eigenvalue weighted by atomic mass is 33.1. The fourth-order valence-electron chi connectivity index (χ4n) is 6.78. The predicted octanol–water partition coefficient (Wildman–Crippen LogP) is 2.33. The van der Waals surface area contributed by atoms with E-state index in [-0.39, 0.29) is 76.2 Å². The quantitative estimate of drug-likeness (QED) is 0.0256. The van der Waals surface area contributed by atoms with Crippen LogP contribution in [0.3, 0.4) is 0 Å². The number of amides is 2. The van der Waals surface area contributed by atoms with Crippen LogP contribution in [0, 0.1) is 0 Å². The second-order valence-corrected chi connectivity index (χ2v) is 17.6. The summed E-state index contributed by atoms with van der Waals surface area (Å²) in [5.41, 5.74) is 5.66. The maximum Gasteiger partial charge on any atom is 0.329 e. The number of nitrogens with zero attached hydrogens (tertiary/aromatic N) is 4. The first-order valence-corrected chi connectivity index (χ1v) is 24.5. The van der Waals surface area contributed by atoms with Crippen LogP contribution in [0.1, 0.15) is 37.5 Å². The highest BCUT2D eigenvalue weighted by Gasteiger charge is 2.30. The third-order valence-corrected chi connectivity index (χ3v) is 12.7. The number of hydrogen-bond acceptors (Lipinski definition) is 14. The minimum atomic E-state index is -0.958. The van der Waals surface area contributed by atoms with Crippen LogP contribution in [-0.4, -0.2) is 157 Å². The molecule has 3 atom stereocenters. The van der Waals surface area contributed by atoms with Crippen LogP contribution in [0.2, 0.25) is 0 Å². The van der Waals surface area contributed by atoms with Gasteiger partial charge in [-0.25, -0.2) is 14.2 Å². The fourth-order valence-corrected chi connectivity index (χ4v) is 9.08. The van der Waals surface area contributed by atoms with E-state index in [1.54, 1.807) is 30.8 Å². The van der Waals surface area contributed by atoms with Crippen LogP contribution in [0.4, 0.5) is 11.4 Å². The molecule has 2 amide bonds. The number of carbonyl (C=O) groups excluding carboxylic acids is 4. The van der Waals surface area contributed by atoms with Crippen molar-refractivity contribution in [3.05, 3.63) is 107 Å². The lowest BCUT2D eigenvalue weighted by Crippen LogP contribution is -2.49. The Hall–Kier alpha value is -5.50. The summed E-state index contributed by atoms with van der Waals surface area (Å²) in [4.78, 5) is 56.0. The second kappa shape index (κ2) is 29.2. The number of hydrogen-bond donors (Lipinski definition) is 6. The summed E-state index contributed by atoms with van der Waals surface area (Å²) in [6, 6.07) is 17.3. The van der Waals surface area contributed by atoms with Crippen LogP contribution < -0.4 is 25.0 Å². The minimum Gasteiger partial charge on any atom is -0.464 e. The van der Waals surface area contributed by atoms with E-state index in [0.29, 0.717) is 26.2 Å². The van der Waals surface area contributed by atoms with Crippen molar-refractivity contribution >= 4 is 81.2 Å². The van der Waals surface area contributed by atoms with Crippen molar-refractivity contribution in [3.8, 4) is 0 Å². The van der Waals surface area contributed by atoms with Gasteiger partial charge in [-0.3, -0.25) is 9.59 Å². The fraction of sp³-hybridized carbons (Fsp3) is 0.417. The van der Waals surface area contributed by atoms with Gasteiger partial charge in [0.25, 0.3) is 11.8 Å². The topological polar surface area (TPSA) is 205 Å². The van der Waals surface area contributed by atoms with Gasteiger partial charge in [-0.2, -0.15) is 4.57 Å². The molecule has 6 N–H and O–H groups in total. The summed E-state index contributed by atoms with van der Waals surface area (Å²) in [6.07, 6.45) is 15.2. The maximum atomic E-state index is 13.3. The molecule has 0 saturated carbocycles. The molecule has 1 aliphatic heterocycles. The molecule has 0 fully saturated rings. The number of anilines is 2. The summed E-state index contributed by atoms with van der Waals surface area (Å²) < 4.78 is 14.1. The van der Waals surface area contributed by atoms with Gasteiger partial charge < -0.3 is 50.3 Å². The molecule has 18 heteroatoms. The number of aliphatic hydroxyl groups is 4. The van der Waals surface area contributed by atoms with Crippen LogP contribution in [0.15, 0.2) is 90.8 Å². The minimum absolute atomic E-state index is 0.00534. The number of aliphatic hydroxyl groups excluding tert-OH is 4. The third-order valence-electron chi connectivity index (χ3n) is 10.3. The van der Waals surface area contributed by atoms with E-state index in [9.17, 15) is 39.6 Å². The highest BCUT2D eigenvalue weighted by Crippen LogP contribution is 2.24. The van der Waals surface area contributed by atoms with Gasteiger partial charge >= 0.3 is 11.9 Å². The van der Waals surface area contributed by atoms with Crippen LogP contribution >= 0.6 is 21.6 Å². The average molecular weight is 949 g/mol. The average Bonchev–Trinajstić information content (AvgIpc) is 3.66. The number of nitrogens with one attached hydrogen (secondary N) is 2. The van der Waals surface area contributed by atoms with Crippen LogP contribution in [-0.2, 0) is 35.2 Å². The molecule has 16 nitrogen and oxygen atoms in total. The van der Waals surface area contributed by atoms with Crippen molar-refractivity contribution in [2.75, 3.05) is 93.7 Å². The predicted molar refractivity (Wildman–Crippen MR) is 261 cm³/mol. The van der Waals surface area contributed by atoms with E-state index in [0.717, 1.165) is 33.6 Å². The molecular weight excluding hydrogens is 885 g/mol. The molecular formula is C48H64N6O10S2+2. The molecule has 1 aliphatic rings. The van der Waals surface area contributed by atoms with E-state index in [1.165, 1.54) is 21.6 Å². The van der Waals surface area contributed by atoms with Crippen molar-refractivity contribution in [3.63, 3.8) is 0 Å². The van der Waals surface area contributed by atoms with Crippen molar-refractivity contribution < 1.29 is 58.2 Å². The molecule has 4 rings (SSSR count). The van der Waals surface area contributed by atoms with Crippen molar-refractivity contribution in [2.24, 2.45) is 0 Å². The van der Waals surface area contributed by atoms with E-state index in [2.05, 4.69) is 10.6 Å². The Morgan fingerprint density at radius 2 is 1.05 bits per heavy atom. The number of carbonyl (C=O) groups is 4. The SMILES string of the molecule is CCOC(=O)C(CSSCC(NC(=O)C[n+]1ccc(/C=C/c2ccc(N(CCO)CCO)cc2)cc1)C(=O)OCC)NC(=O)C[N+]1=CC=C(/C=C/c2ccc(N(CCO)CCO)cc2)C1C. The second-order valence-electron chi connectivity index (χ2n) is 15.0. The van der Waals surface area contributed by atoms with Gasteiger partial charge in [-0.1, -0.05) is 70.2 Å². The number of ether oxygens (including phenoxy) is 2. The van der Waals surface area contributed by atoms with Gasteiger partial charge in [-0.15, -0.1) is 0 Å². The van der Waals surface area contributed by atoms with Crippen molar-refractivity contribution in [1.82, 2.24) is 10.6 Å². The van der Waals surface area contributed by atoms with E-state index >= 15 is 0 Å². The summed E-state index contributed by atoms with van der Waals surface area (Å²) in [5, 5.41) is 42.9. The molecule has 0 bridgehead atoms. The molecule has 2 aromatic carbocycles. The standard InChI is InChI=1S/C48H62N6O10S2/c1-4-63-47(61)43(49-45(59)32-51-21-18-39(19-22-51)7-6-37-9-14-41(15-10-37)52(24-28-55)25-29-56)34-65-66-35-44(48(62)64-5-2)50-46(60)33-54-23-20-40(36(54)3)13-8-38-11-16-42(17-12-38)53(26-30-57)27-31-58/h6-23,36,43-44,55-58H,4-5,24-35H2,1-3H3/p+2. The zero-order valence-electron chi connectivity index (χ0n) is 37.9. The normalized spacial score (nSPS) is 14.4. The molecule has 0 aliphatic carbocycles. The Kier molecular flexibility index (Phi) is 23.5. The third kappa shape index (κ3) is 17.7. The first-order chi connectivity index (χ1) is 32.0. The number of allylic oxidation sites excluding steroid dienone is 1. The van der Waals surface area contributed by atoms with Crippen molar-refractivity contribution in [2.45, 2.75) is 45.4 Å². The van der Waals surface area contributed by atoms with E-state index in [4.69, 9.17) is 9.47 Å². The summed E-state index contributed by atoms with van der Waals surface area (Å²) >= 11 is 0. The lowest BCUT2D eigenvalue weighted by molar-refractivity contribution is -0.684. The molecule has 66 heavy (non-hydrogen) atoms. The van der Waals surface area contributed by atoms with Gasteiger partial charge in [-0.05, 0) is 54.8 Å². The van der Waals surface area contributed by atoms with Crippen LogP contribution in [0.25, 0.3) is 18.2 Å². The molecule has 356 valence electrons. The molecule has 0 saturated heterocycles. The first-order valence-electron chi connectivity index (χ1n) is 22.0. The number of aromatic nitrogens is 1. The number of rotatable bonds is 29. The largest absolute Gasteiger partial charge is 0.464 e. The Morgan fingerprint density at radius 1 is 0.636 bits per heavy atom. The first kappa shape index (κ1) is 53.1. The lowest BCUT2D eigenvalue weighted by atomic mass is 10.1. The van der Waals surface area contributed by atoms with E-state index < -0.39 is 29.9 Å². The Balaban J connectivity index is 1.25. The monoisotopic (exact) mass is 948 g/mol. The molecule has 0 spiro atoms. The van der Waals surface area contributed by atoms with Gasteiger partial charge in [0.2, 0.25) is 13.1 Å². The molecule has 3 aromatic rings. The maximum absolute atomic E-state index is 13.3. The Labute approximate surface area is 395 Å². The zero-order chi connectivity index (χ0) is 47.7. The van der Waals surface area contributed by atoms with Crippen LogP contribution in [0.5, 0.6) is 0 Å². The molecule has 0 radical (unpaired) electrons. The van der Waals surface area contributed by atoms with Crippen molar-refractivity contribution in [1.29, 1.82) is 0 Å². The smallest absolute Gasteiger partial charge is 0.329 e. The molecule has 3 unspecified atom stereocenters. The number of benzene rings is 2. The summed E-state index contributed by atoms with van der Waals surface area (Å²) in [5.74, 6) is -1.62. The zero-order valence-corrected chi connectivity index (χ0v) is 39.5. The van der Waals surface area contributed by atoms with Gasteiger partial charge in [0, 0.05) is 79.8 Å². The number of esters is 2. The summed E-state index contributed by atoms with van der Waals surface area (Å²) in [7, 11) is 2.52. The van der Waals surface area contributed by atoms with E-state index in [1.807, 2.05) is 119 Å².